The van der Waals surface area contributed by atoms with Gasteiger partial charge in [-0.3, -0.25) is 0 Å². The molecule has 1 aliphatic heterocycles. The molecular formula is C21H25ClN4O4. The molecule has 1 fully saturated rings. The van der Waals surface area contributed by atoms with Crippen molar-refractivity contribution in [2.75, 3.05) is 37.6 Å². The van der Waals surface area contributed by atoms with E-state index in [1.54, 1.807) is 25.4 Å². The van der Waals surface area contributed by atoms with Crippen molar-refractivity contribution in [2.24, 2.45) is 0 Å². The molecule has 8 nitrogen and oxygen atoms in total. The third kappa shape index (κ3) is 4.66. The molecule has 1 atom stereocenters. The van der Waals surface area contributed by atoms with Crippen LogP contribution in [-0.4, -0.2) is 54.5 Å². The SMILES string of the molecule is C=C(C(=O)OC)c1cnc(N2CCCC2CO)nc1NCc1ccc(OC)c(Cl)c1. The summed E-state index contributed by atoms with van der Waals surface area (Å²) in [6, 6.07) is 5.45. The number of nitrogens with one attached hydrogen (secondary N) is 1. The number of aromatic nitrogens is 2. The van der Waals surface area contributed by atoms with Gasteiger partial charge in [-0.05, 0) is 30.5 Å². The Hall–Kier alpha value is -2.84. The molecule has 0 aliphatic carbocycles. The summed E-state index contributed by atoms with van der Waals surface area (Å²) in [4.78, 5) is 23.0. The molecular weight excluding hydrogens is 408 g/mol. The van der Waals surface area contributed by atoms with Crippen LogP contribution in [0, 0.1) is 0 Å². The van der Waals surface area contributed by atoms with E-state index < -0.39 is 5.97 Å². The molecule has 9 heteroatoms. The van der Waals surface area contributed by atoms with E-state index in [0.717, 1.165) is 24.9 Å². The minimum atomic E-state index is -0.559. The lowest BCUT2D eigenvalue weighted by Crippen LogP contribution is -2.33. The van der Waals surface area contributed by atoms with Crippen molar-refractivity contribution in [3.05, 3.63) is 47.1 Å². The Bertz CT molecular complexity index is 937. The van der Waals surface area contributed by atoms with Gasteiger partial charge in [0.2, 0.25) is 5.95 Å². The number of carbonyl (C=O) groups is 1. The van der Waals surface area contributed by atoms with Crippen molar-refractivity contribution in [2.45, 2.75) is 25.4 Å². The number of rotatable bonds is 8. The molecule has 0 spiro atoms. The van der Waals surface area contributed by atoms with Gasteiger partial charge in [0.05, 0.1) is 37.5 Å². The number of halogens is 1. The molecule has 160 valence electrons. The highest BCUT2D eigenvalue weighted by molar-refractivity contribution is 6.32. The Morgan fingerprint density at radius 3 is 2.90 bits per heavy atom. The lowest BCUT2D eigenvalue weighted by Gasteiger charge is -2.24. The summed E-state index contributed by atoms with van der Waals surface area (Å²) in [7, 11) is 2.86. The predicted molar refractivity (Wildman–Crippen MR) is 116 cm³/mol. The number of carbonyl (C=O) groups excluding carboxylic acids is 1. The van der Waals surface area contributed by atoms with E-state index in [2.05, 4.69) is 21.9 Å². The first-order valence-electron chi connectivity index (χ1n) is 9.56. The second kappa shape index (κ2) is 9.77. The minimum absolute atomic E-state index is 0.0205. The standard InChI is InChI=1S/C21H25ClN4O4/c1-13(20(28)30-3)16-11-24-21(26-8-4-5-15(26)12-27)25-19(16)23-10-14-6-7-18(29-2)17(22)9-14/h6-7,9,11,15,27H,1,4-5,8,10,12H2,2-3H3,(H,23,24,25). The Balaban J connectivity index is 1.90. The molecule has 2 N–H and O–H groups in total. The van der Waals surface area contributed by atoms with E-state index in [1.807, 2.05) is 11.0 Å². The third-order valence-corrected chi connectivity index (χ3v) is 5.35. The van der Waals surface area contributed by atoms with Crippen molar-refractivity contribution in [3.8, 4) is 5.75 Å². The molecule has 0 radical (unpaired) electrons. The van der Waals surface area contributed by atoms with Gasteiger partial charge in [-0.25, -0.2) is 9.78 Å². The highest BCUT2D eigenvalue weighted by Crippen LogP contribution is 2.29. The average molecular weight is 433 g/mol. The molecule has 30 heavy (non-hydrogen) atoms. The molecule has 2 aromatic rings. The molecule has 3 rings (SSSR count). The predicted octanol–water partition coefficient (Wildman–Crippen LogP) is 2.90. The van der Waals surface area contributed by atoms with Crippen LogP contribution in [0.15, 0.2) is 31.0 Å². The van der Waals surface area contributed by atoms with Gasteiger partial charge in [-0.15, -0.1) is 0 Å². The largest absolute Gasteiger partial charge is 0.495 e. The first-order valence-corrected chi connectivity index (χ1v) is 9.94. The Morgan fingerprint density at radius 1 is 1.43 bits per heavy atom. The summed E-state index contributed by atoms with van der Waals surface area (Å²) in [5.74, 6) is 0.971. The van der Waals surface area contributed by atoms with Crippen LogP contribution in [0.1, 0.15) is 24.0 Å². The van der Waals surface area contributed by atoms with Gasteiger partial charge in [-0.1, -0.05) is 24.2 Å². The fourth-order valence-corrected chi connectivity index (χ4v) is 3.67. The van der Waals surface area contributed by atoms with Crippen molar-refractivity contribution in [1.82, 2.24) is 9.97 Å². The van der Waals surface area contributed by atoms with Crippen LogP contribution in [0.2, 0.25) is 5.02 Å². The van der Waals surface area contributed by atoms with Gasteiger partial charge in [0.25, 0.3) is 0 Å². The Labute approximate surface area is 180 Å². The Morgan fingerprint density at radius 2 is 2.23 bits per heavy atom. The fourth-order valence-electron chi connectivity index (χ4n) is 3.39. The van der Waals surface area contributed by atoms with Gasteiger partial charge in [0, 0.05) is 24.8 Å². The number of esters is 1. The van der Waals surface area contributed by atoms with Gasteiger partial charge < -0.3 is 24.8 Å². The smallest absolute Gasteiger partial charge is 0.338 e. The number of aliphatic hydroxyl groups is 1. The van der Waals surface area contributed by atoms with E-state index in [1.165, 1.54) is 7.11 Å². The first-order chi connectivity index (χ1) is 14.5. The maximum atomic E-state index is 12.0. The van der Waals surface area contributed by atoms with Gasteiger partial charge in [-0.2, -0.15) is 4.98 Å². The third-order valence-electron chi connectivity index (χ3n) is 5.05. The maximum Gasteiger partial charge on any atom is 0.338 e. The van der Waals surface area contributed by atoms with Gasteiger partial charge in [0.15, 0.2) is 0 Å². The summed E-state index contributed by atoms with van der Waals surface area (Å²) >= 11 is 6.21. The van der Waals surface area contributed by atoms with Crippen LogP contribution >= 0.6 is 11.6 Å². The molecule has 0 saturated carbocycles. The number of nitrogens with zero attached hydrogens (tertiary/aromatic N) is 3. The summed E-state index contributed by atoms with van der Waals surface area (Å²) in [6.45, 7) is 5.02. The number of benzene rings is 1. The highest BCUT2D eigenvalue weighted by atomic mass is 35.5. The van der Waals surface area contributed by atoms with Crippen molar-refractivity contribution < 1.29 is 19.4 Å². The fraction of sp³-hybridized carbons (Fsp3) is 0.381. The monoisotopic (exact) mass is 432 g/mol. The second-order valence-electron chi connectivity index (χ2n) is 6.90. The summed E-state index contributed by atoms with van der Waals surface area (Å²) < 4.78 is 9.98. The number of ether oxygens (including phenoxy) is 2. The quantitative estimate of drug-likeness (QED) is 0.485. The molecule has 1 saturated heterocycles. The molecule has 0 bridgehead atoms. The maximum absolute atomic E-state index is 12.0. The summed E-state index contributed by atoms with van der Waals surface area (Å²) in [5.41, 5.74) is 1.51. The molecule has 1 aromatic carbocycles. The molecule has 1 unspecified atom stereocenters. The van der Waals surface area contributed by atoms with Crippen molar-refractivity contribution >= 4 is 34.9 Å². The van der Waals surface area contributed by atoms with Crippen LogP contribution in [0.4, 0.5) is 11.8 Å². The van der Waals surface area contributed by atoms with E-state index in [4.69, 9.17) is 21.1 Å². The van der Waals surface area contributed by atoms with Gasteiger partial charge >= 0.3 is 5.97 Å². The average Bonchev–Trinajstić information content (AvgIpc) is 3.25. The zero-order valence-electron chi connectivity index (χ0n) is 17.0. The Kier molecular flexibility index (Phi) is 7.12. The molecule has 2 heterocycles. The van der Waals surface area contributed by atoms with Crippen LogP contribution in [0.3, 0.4) is 0 Å². The minimum Gasteiger partial charge on any atom is -0.495 e. The van der Waals surface area contributed by atoms with Gasteiger partial charge in [0.1, 0.15) is 11.6 Å². The number of methoxy groups -OCH3 is 2. The highest BCUT2D eigenvalue weighted by Gasteiger charge is 2.27. The number of anilines is 2. The summed E-state index contributed by atoms with van der Waals surface area (Å²) in [5, 5.41) is 13.4. The molecule has 1 aromatic heterocycles. The number of hydrogen-bond donors (Lipinski definition) is 2. The van der Waals surface area contributed by atoms with E-state index in [-0.39, 0.29) is 18.2 Å². The van der Waals surface area contributed by atoms with Crippen molar-refractivity contribution in [1.29, 1.82) is 0 Å². The van der Waals surface area contributed by atoms with Crippen molar-refractivity contribution in [3.63, 3.8) is 0 Å². The van der Waals surface area contributed by atoms with Crippen LogP contribution < -0.4 is 15.0 Å². The number of hydrogen-bond acceptors (Lipinski definition) is 8. The first kappa shape index (κ1) is 21.9. The molecule has 1 aliphatic rings. The zero-order valence-corrected chi connectivity index (χ0v) is 17.8. The zero-order chi connectivity index (χ0) is 21.7. The van der Waals surface area contributed by atoms with E-state index >= 15 is 0 Å². The normalized spacial score (nSPS) is 15.7. The number of aliphatic hydroxyl groups excluding tert-OH is 1. The summed E-state index contributed by atoms with van der Waals surface area (Å²) in [6.07, 6.45) is 3.39. The van der Waals surface area contributed by atoms with E-state index in [9.17, 15) is 9.90 Å². The lowest BCUT2D eigenvalue weighted by molar-refractivity contribution is -0.133. The topological polar surface area (TPSA) is 96.8 Å². The van der Waals surface area contributed by atoms with Crippen LogP contribution in [-0.2, 0) is 16.1 Å². The molecule has 0 amide bonds. The lowest BCUT2D eigenvalue weighted by atomic mass is 10.1. The second-order valence-corrected chi connectivity index (χ2v) is 7.30. The van der Waals surface area contributed by atoms with E-state index in [0.29, 0.717) is 34.6 Å². The van der Waals surface area contributed by atoms with Crippen LogP contribution in [0.5, 0.6) is 5.75 Å². The van der Waals surface area contributed by atoms with Crippen LogP contribution in [0.25, 0.3) is 5.57 Å².